The van der Waals surface area contributed by atoms with E-state index in [1.807, 2.05) is 24.3 Å². The van der Waals surface area contributed by atoms with Crippen molar-refractivity contribution in [3.8, 4) is 0 Å². The molecule has 4 heteroatoms. The molecule has 0 aromatic heterocycles. The van der Waals surface area contributed by atoms with Crippen molar-refractivity contribution in [3.05, 3.63) is 75.7 Å². The Morgan fingerprint density at radius 3 is 3.00 bits per heavy atom. The third-order valence-corrected chi connectivity index (χ3v) is 4.47. The average Bonchev–Trinajstić information content (AvgIpc) is 2.59. The standard InChI is InChI=1S/C18H19N2O2/c21-20-15-9-4-10-19-17(15)18-14(8-5-11-22-18)16(20)12-13-6-2-1-3-7-13/h1-3,5-8,16,19H,4,9-12H2/q+1. The van der Waals surface area contributed by atoms with Crippen LogP contribution in [0.15, 0.2) is 65.2 Å². The zero-order valence-electron chi connectivity index (χ0n) is 12.4. The molecule has 0 fully saturated rings. The van der Waals surface area contributed by atoms with Crippen LogP contribution in [0.2, 0.25) is 0 Å². The van der Waals surface area contributed by atoms with Crippen molar-refractivity contribution in [2.24, 2.45) is 0 Å². The topological polar surface area (TPSA) is 41.3 Å². The highest BCUT2D eigenvalue weighted by Gasteiger charge is 2.44. The number of rotatable bonds is 2. The molecule has 0 amide bonds. The summed E-state index contributed by atoms with van der Waals surface area (Å²) in [6.45, 7) is 1.48. The Morgan fingerprint density at radius 1 is 1.27 bits per heavy atom. The Labute approximate surface area is 129 Å². The van der Waals surface area contributed by atoms with E-state index in [1.54, 1.807) is 0 Å². The zero-order chi connectivity index (χ0) is 14.9. The summed E-state index contributed by atoms with van der Waals surface area (Å²) < 4.78 is 7.08. The molecule has 3 aliphatic heterocycles. The maximum Gasteiger partial charge on any atom is 0.260 e. The molecule has 4 rings (SSSR count). The van der Waals surface area contributed by atoms with E-state index in [-0.39, 0.29) is 6.04 Å². The highest BCUT2D eigenvalue weighted by atomic mass is 16.5. The van der Waals surface area contributed by atoms with Crippen LogP contribution < -0.4 is 5.32 Å². The van der Waals surface area contributed by atoms with Crippen LogP contribution in [0.3, 0.4) is 0 Å². The van der Waals surface area contributed by atoms with Gasteiger partial charge >= 0.3 is 0 Å². The molecule has 3 aliphatic rings. The first kappa shape index (κ1) is 13.3. The predicted molar refractivity (Wildman–Crippen MR) is 83.9 cm³/mol. The lowest BCUT2D eigenvalue weighted by atomic mass is 9.90. The van der Waals surface area contributed by atoms with E-state index in [0.29, 0.717) is 13.0 Å². The van der Waals surface area contributed by atoms with E-state index < -0.39 is 0 Å². The Morgan fingerprint density at radius 2 is 2.14 bits per heavy atom. The molecule has 1 aromatic rings. The maximum absolute atomic E-state index is 12.9. The van der Waals surface area contributed by atoms with Gasteiger partial charge in [0.2, 0.25) is 6.04 Å². The lowest BCUT2D eigenvalue weighted by molar-refractivity contribution is -0.535. The normalized spacial score (nSPS) is 23.6. The minimum Gasteiger partial charge on any atom is -0.487 e. The Bertz CT molecular complexity index is 701. The van der Waals surface area contributed by atoms with Gasteiger partial charge in [-0.1, -0.05) is 30.3 Å². The Kier molecular flexibility index (Phi) is 3.29. The zero-order valence-corrected chi connectivity index (χ0v) is 12.4. The van der Waals surface area contributed by atoms with Gasteiger partial charge in [-0.2, -0.15) is 0 Å². The maximum atomic E-state index is 12.9. The number of benzene rings is 1. The SMILES string of the molecule is O=[N+]1C2=C(NCCC2)C2=C(C=CCO2)C1Cc1ccccc1. The van der Waals surface area contributed by atoms with Gasteiger partial charge in [-0.3, -0.25) is 0 Å². The molecule has 1 unspecified atom stereocenters. The fraction of sp³-hybridized carbons (Fsp3) is 0.333. The number of nitrogens with one attached hydrogen (secondary N) is 1. The summed E-state index contributed by atoms with van der Waals surface area (Å²) in [4.78, 5) is 12.9. The number of nitrogens with zero attached hydrogens (tertiary/aromatic N) is 1. The average molecular weight is 295 g/mol. The van der Waals surface area contributed by atoms with Crippen LogP contribution in [0.4, 0.5) is 0 Å². The smallest absolute Gasteiger partial charge is 0.260 e. The highest BCUT2D eigenvalue weighted by Crippen LogP contribution is 2.36. The van der Waals surface area contributed by atoms with Crippen molar-refractivity contribution in [1.82, 2.24) is 5.32 Å². The van der Waals surface area contributed by atoms with Crippen LogP contribution in [0.25, 0.3) is 0 Å². The number of hydrogen-bond donors (Lipinski definition) is 1. The van der Waals surface area contributed by atoms with E-state index in [2.05, 4.69) is 23.5 Å². The van der Waals surface area contributed by atoms with E-state index in [0.717, 1.165) is 42.1 Å². The van der Waals surface area contributed by atoms with E-state index >= 15 is 0 Å². The van der Waals surface area contributed by atoms with E-state index in [9.17, 15) is 4.91 Å². The first-order valence-electron chi connectivity index (χ1n) is 7.86. The molecule has 1 N–H and O–H groups in total. The van der Waals surface area contributed by atoms with Crippen molar-refractivity contribution < 1.29 is 9.50 Å². The third-order valence-electron chi connectivity index (χ3n) is 4.47. The molecule has 112 valence electrons. The van der Waals surface area contributed by atoms with Gasteiger partial charge in [0.25, 0.3) is 5.70 Å². The number of nitroso groups, excluding NO2 is 1. The molecular formula is C18H19N2O2+. The van der Waals surface area contributed by atoms with Crippen LogP contribution in [-0.2, 0) is 11.2 Å². The lowest BCUT2D eigenvalue weighted by Crippen LogP contribution is -2.40. The number of allylic oxidation sites excluding steroid dienone is 1. The van der Waals surface area contributed by atoms with Gasteiger partial charge in [-0.05, 0) is 24.1 Å². The highest BCUT2D eigenvalue weighted by molar-refractivity contribution is 5.44. The second kappa shape index (κ2) is 5.44. The first-order chi connectivity index (χ1) is 10.8. The van der Waals surface area contributed by atoms with Crippen LogP contribution in [0.1, 0.15) is 18.4 Å². The number of ether oxygens (including phenoxy) is 1. The molecule has 22 heavy (non-hydrogen) atoms. The summed E-state index contributed by atoms with van der Waals surface area (Å²) in [5.74, 6) is 0.880. The second-order valence-electron chi connectivity index (χ2n) is 5.88. The molecule has 0 spiro atoms. The quantitative estimate of drug-likeness (QED) is 0.853. The molecule has 3 heterocycles. The van der Waals surface area contributed by atoms with Crippen LogP contribution in [0, 0.1) is 4.91 Å². The summed E-state index contributed by atoms with van der Waals surface area (Å²) in [6, 6.07) is 9.98. The molecule has 0 saturated heterocycles. The number of hydrogen-bond acceptors (Lipinski definition) is 3. The molecule has 0 radical (unpaired) electrons. The van der Waals surface area contributed by atoms with Gasteiger partial charge < -0.3 is 10.1 Å². The van der Waals surface area contributed by atoms with Crippen LogP contribution in [0.5, 0.6) is 0 Å². The molecule has 4 nitrogen and oxygen atoms in total. The van der Waals surface area contributed by atoms with E-state index in [1.165, 1.54) is 10.3 Å². The van der Waals surface area contributed by atoms with Crippen molar-refractivity contribution >= 4 is 0 Å². The molecule has 0 saturated carbocycles. The van der Waals surface area contributed by atoms with E-state index in [4.69, 9.17) is 4.74 Å². The molecular weight excluding hydrogens is 276 g/mol. The van der Waals surface area contributed by atoms with Gasteiger partial charge in [0.05, 0.1) is 5.57 Å². The minimum absolute atomic E-state index is 0.201. The third kappa shape index (κ3) is 2.15. The van der Waals surface area contributed by atoms with Crippen molar-refractivity contribution in [1.29, 1.82) is 0 Å². The molecule has 0 bridgehead atoms. The lowest BCUT2D eigenvalue weighted by Gasteiger charge is -2.29. The molecule has 0 aliphatic carbocycles. The van der Waals surface area contributed by atoms with Gasteiger partial charge in [-0.25, -0.2) is 0 Å². The summed E-state index contributed by atoms with van der Waals surface area (Å²) in [7, 11) is 0. The van der Waals surface area contributed by atoms with Crippen LogP contribution >= 0.6 is 0 Å². The van der Waals surface area contributed by atoms with Gasteiger partial charge in [0, 0.05) is 29.1 Å². The van der Waals surface area contributed by atoms with Crippen LogP contribution in [-0.4, -0.2) is 24.0 Å². The summed E-state index contributed by atoms with van der Waals surface area (Å²) in [5.41, 5.74) is 3.93. The summed E-state index contributed by atoms with van der Waals surface area (Å²) >= 11 is 0. The van der Waals surface area contributed by atoms with Crippen molar-refractivity contribution in [2.75, 3.05) is 13.2 Å². The Balaban J connectivity index is 1.76. The second-order valence-corrected chi connectivity index (χ2v) is 5.88. The van der Waals surface area contributed by atoms with Gasteiger partial charge in [-0.15, -0.1) is 0 Å². The van der Waals surface area contributed by atoms with Crippen molar-refractivity contribution in [3.63, 3.8) is 0 Å². The fourth-order valence-electron chi connectivity index (χ4n) is 3.42. The monoisotopic (exact) mass is 295 g/mol. The summed E-state index contributed by atoms with van der Waals surface area (Å²) in [6.07, 6.45) is 6.55. The molecule has 1 aromatic carbocycles. The number of fused-ring (bicyclic) bond motifs is 1. The molecule has 1 atom stereocenters. The predicted octanol–water partition coefficient (Wildman–Crippen LogP) is 2.83. The van der Waals surface area contributed by atoms with Crippen molar-refractivity contribution in [2.45, 2.75) is 25.3 Å². The van der Waals surface area contributed by atoms with Gasteiger partial charge in [0.1, 0.15) is 12.3 Å². The Hall–Kier alpha value is -2.36. The fourth-order valence-corrected chi connectivity index (χ4v) is 3.42. The minimum atomic E-state index is -0.201. The summed E-state index contributed by atoms with van der Waals surface area (Å²) in [5, 5.41) is 3.36. The van der Waals surface area contributed by atoms with Gasteiger partial charge in [0.15, 0.2) is 5.76 Å². The first-order valence-corrected chi connectivity index (χ1v) is 7.86. The largest absolute Gasteiger partial charge is 0.487 e.